The maximum absolute atomic E-state index is 12.9. The molecule has 12 heteroatoms. The van der Waals surface area contributed by atoms with Crippen molar-refractivity contribution < 1.29 is 4.79 Å². The number of nitrogens with zero attached hydrogens (tertiary/aromatic N) is 8. The highest BCUT2D eigenvalue weighted by Gasteiger charge is 2.18. The third kappa shape index (κ3) is 4.13. The summed E-state index contributed by atoms with van der Waals surface area (Å²) in [5.41, 5.74) is 4.29. The fraction of sp³-hybridized carbons (Fsp3) is 0.182. The van der Waals surface area contributed by atoms with E-state index in [0.717, 1.165) is 29.1 Å². The van der Waals surface area contributed by atoms with Crippen LogP contribution in [0.2, 0.25) is 10.0 Å². The molecular weight excluding hydrogens is 477 g/mol. The Bertz CT molecular complexity index is 1520. The molecule has 34 heavy (non-hydrogen) atoms. The van der Waals surface area contributed by atoms with Gasteiger partial charge < -0.3 is 0 Å². The summed E-state index contributed by atoms with van der Waals surface area (Å²) in [5.74, 6) is -0.292. The average molecular weight is 496 g/mol. The second kappa shape index (κ2) is 8.88. The van der Waals surface area contributed by atoms with E-state index in [1.165, 1.54) is 6.33 Å². The highest BCUT2D eigenvalue weighted by molar-refractivity contribution is 6.35. The Labute approximate surface area is 204 Å². The van der Waals surface area contributed by atoms with E-state index in [2.05, 4.69) is 30.6 Å². The number of hydrogen-bond donors (Lipinski definition) is 1. The van der Waals surface area contributed by atoms with Crippen molar-refractivity contribution in [2.75, 3.05) is 5.32 Å². The SMILES string of the molecule is CCn1ncc(-c2ccnc3cc(C(=O)Nc4ncn(Cc5ccc(Cl)cc5Cl)n4)nn23)c1C. The normalized spacial score (nSPS) is 11.3. The molecule has 10 nitrogen and oxygen atoms in total. The van der Waals surface area contributed by atoms with Crippen molar-refractivity contribution in [3.63, 3.8) is 0 Å². The highest BCUT2D eigenvalue weighted by atomic mass is 35.5. The first-order chi connectivity index (χ1) is 16.4. The predicted octanol–water partition coefficient (Wildman–Crippen LogP) is 4.12. The zero-order chi connectivity index (χ0) is 23.8. The van der Waals surface area contributed by atoms with E-state index in [1.807, 2.05) is 30.7 Å². The smallest absolute Gasteiger partial charge is 0.278 e. The Balaban J connectivity index is 1.37. The number of halogens is 2. The fourth-order valence-electron chi connectivity index (χ4n) is 3.65. The number of hydrogen-bond acceptors (Lipinski definition) is 6. The second-order valence-corrected chi connectivity index (χ2v) is 8.39. The summed E-state index contributed by atoms with van der Waals surface area (Å²) >= 11 is 12.2. The fourth-order valence-corrected chi connectivity index (χ4v) is 4.11. The van der Waals surface area contributed by atoms with Gasteiger partial charge in [0.25, 0.3) is 5.91 Å². The Hall–Kier alpha value is -3.76. The van der Waals surface area contributed by atoms with Crippen molar-refractivity contribution in [1.29, 1.82) is 0 Å². The molecule has 0 radical (unpaired) electrons. The van der Waals surface area contributed by atoms with E-state index >= 15 is 0 Å². The van der Waals surface area contributed by atoms with Crippen LogP contribution in [0.25, 0.3) is 16.9 Å². The van der Waals surface area contributed by atoms with Crippen LogP contribution in [0.1, 0.15) is 28.7 Å². The topological polar surface area (TPSA) is 108 Å². The maximum atomic E-state index is 12.9. The quantitative estimate of drug-likeness (QED) is 0.379. The summed E-state index contributed by atoms with van der Waals surface area (Å²) in [7, 11) is 0. The largest absolute Gasteiger partial charge is 0.288 e. The van der Waals surface area contributed by atoms with Crippen molar-refractivity contribution >= 4 is 40.7 Å². The number of fused-ring (bicyclic) bond motifs is 1. The third-order valence-corrected chi connectivity index (χ3v) is 5.97. The lowest BCUT2D eigenvalue weighted by atomic mass is 10.2. The number of nitrogens with one attached hydrogen (secondary N) is 1. The van der Waals surface area contributed by atoms with Gasteiger partial charge in [-0.25, -0.2) is 19.2 Å². The molecule has 4 heterocycles. The van der Waals surface area contributed by atoms with Gasteiger partial charge in [-0.15, -0.1) is 5.10 Å². The summed E-state index contributed by atoms with van der Waals surface area (Å²) in [6, 6.07) is 8.69. The summed E-state index contributed by atoms with van der Waals surface area (Å²) in [6.07, 6.45) is 4.98. The molecule has 1 amide bonds. The summed E-state index contributed by atoms with van der Waals surface area (Å²) in [5, 5.41) is 16.9. The van der Waals surface area contributed by atoms with Crippen LogP contribution in [-0.2, 0) is 13.1 Å². The molecule has 0 fully saturated rings. The van der Waals surface area contributed by atoms with E-state index in [-0.39, 0.29) is 11.6 Å². The number of carbonyl (C=O) groups excluding carboxylic acids is 1. The van der Waals surface area contributed by atoms with Gasteiger partial charge in [0.1, 0.15) is 6.33 Å². The lowest BCUT2D eigenvalue weighted by molar-refractivity contribution is 0.102. The van der Waals surface area contributed by atoms with E-state index in [4.69, 9.17) is 23.2 Å². The van der Waals surface area contributed by atoms with Crippen LogP contribution < -0.4 is 5.32 Å². The van der Waals surface area contributed by atoms with E-state index < -0.39 is 5.91 Å². The molecule has 4 aromatic heterocycles. The van der Waals surface area contributed by atoms with Gasteiger partial charge in [-0.1, -0.05) is 29.3 Å². The Kier molecular flexibility index (Phi) is 5.76. The Morgan fingerprint density at radius 3 is 2.74 bits per heavy atom. The van der Waals surface area contributed by atoms with E-state index in [9.17, 15) is 4.79 Å². The van der Waals surface area contributed by atoms with Crippen LogP contribution in [0.5, 0.6) is 0 Å². The Morgan fingerprint density at radius 1 is 1.12 bits per heavy atom. The minimum Gasteiger partial charge on any atom is -0.288 e. The molecule has 172 valence electrons. The molecule has 5 aromatic rings. The molecule has 0 spiro atoms. The molecule has 1 N–H and O–H groups in total. The van der Waals surface area contributed by atoms with Crippen LogP contribution in [0.3, 0.4) is 0 Å². The van der Waals surface area contributed by atoms with Crippen LogP contribution in [0.4, 0.5) is 5.95 Å². The first-order valence-electron chi connectivity index (χ1n) is 10.4. The minimum absolute atomic E-state index is 0.153. The van der Waals surface area contributed by atoms with E-state index in [0.29, 0.717) is 22.2 Å². The first kappa shape index (κ1) is 22.1. The van der Waals surface area contributed by atoms with E-state index in [1.54, 1.807) is 39.8 Å². The molecule has 0 aliphatic carbocycles. The van der Waals surface area contributed by atoms with Gasteiger partial charge in [0.2, 0.25) is 5.95 Å². The summed E-state index contributed by atoms with van der Waals surface area (Å²) in [4.78, 5) is 21.3. The van der Waals surface area contributed by atoms with Crippen LogP contribution in [0.15, 0.2) is 49.1 Å². The minimum atomic E-state index is -0.445. The predicted molar refractivity (Wildman–Crippen MR) is 128 cm³/mol. The molecule has 0 saturated carbocycles. The van der Waals surface area contributed by atoms with Gasteiger partial charge >= 0.3 is 0 Å². The molecule has 0 atom stereocenters. The van der Waals surface area contributed by atoms with Gasteiger partial charge in [0.15, 0.2) is 11.3 Å². The van der Waals surface area contributed by atoms with Gasteiger partial charge in [0, 0.05) is 40.1 Å². The number of anilines is 1. The average Bonchev–Trinajstić information content (AvgIpc) is 3.53. The molecule has 1 aromatic carbocycles. The first-order valence-corrected chi connectivity index (χ1v) is 11.2. The number of aromatic nitrogens is 8. The molecule has 0 bridgehead atoms. The molecule has 0 aliphatic heterocycles. The number of rotatable bonds is 6. The number of benzene rings is 1. The summed E-state index contributed by atoms with van der Waals surface area (Å²) < 4.78 is 5.10. The third-order valence-electron chi connectivity index (χ3n) is 5.38. The molecule has 0 unspecified atom stereocenters. The van der Waals surface area contributed by atoms with Crippen molar-refractivity contribution in [3.8, 4) is 11.3 Å². The molecule has 0 saturated heterocycles. The van der Waals surface area contributed by atoms with Gasteiger partial charge in [-0.05, 0) is 37.6 Å². The lowest BCUT2D eigenvalue weighted by Gasteiger charge is -2.05. The summed E-state index contributed by atoms with van der Waals surface area (Å²) in [6.45, 7) is 5.16. The highest BCUT2D eigenvalue weighted by Crippen LogP contribution is 2.24. The van der Waals surface area contributed by atoms with Crippen molar-refractivity contribution in [1.82, 2.24) is 39.1 Å². The number of amides is 1. The lowest BCUT2D eigenvalue weighted by Crippen LogP contribution is -2.14. The van der Waals surface area contributed by atoms with Crippen LogP contribution in [-0.4, -0.2) is 45.1 Å². The maximum Gasteiger partial charge on any atom is 0.278 e. The van der Waals surface area contributed by atoms with Crippen molar-refractivity contribution in [3.05, 3.63) is 76.0 Å². The standard InChI is InChI=1S/C22H19Cl2N9O/c1-3-32-13(2)16(10-27-32)19-6-7-25-20-9-18(29-33(19)20)21(34)28-22-26-12-31(30-22)11-14-4-5-15(23)8-17(14)24/h4-10,12H,3,11H2,1-2H3,(H,28,30,34). The van der Waals surface area contributed by atoms with Gasteiger partial charge in [0.05, 0.1) is 18.4 Å². The Morgan fingerprint density at radius 2 is 1.97 bits per heavy atom. The zero-order valence-electron chi connectivity index (χ0n) is 18.3. The molecular formula is C22H19Cl2N9O. The monoisotopic (exact) mass is 495 g/mol. The van der Waals surface area contributed by atoms with Crippen LogP contribution in [0, 0.1) is 6.92 Å². The van der Waals surface area contributed by atoms with Gasteiger partial charge in [-0.3, -0.25) is 14.8 Å². The molecule has 5 rings (SSSR count). The zero-order valence-corrected chi connectivity index (χ0v) is 19.8. The van der Waals surface area contributed by atoms with Crippen molar-refractivity contribution in [2.24, 2.45) is 0 Å². The van der Waals surface area contributed by atoms with Crippen molar-refractivity contribution in [2.45, 2.75) is 26.9 Å². The number of carbonyl (C=O) groups is 1. The van der Waals surface area contributed by atoms with Crippen LogP contribution >= 0.6 is 23.2 Å². The number of aryl methyl sites for hydroxylation is 1. The second-order valence-electron chi connectivity index (χ2n) is 7.54. The van der Waals surface area contributed by atoms with Gasteiger partial charge in [-0.2, -0.15) is 10.2 Å². The molecule has 0 aliphatic rings.